The van der Waals surface area contributed by atoms with E-state index < -0.39 is 0 Å². The van der Waals surface area contributed by atoms with Crippen LogP contribution in [0.15, 0.2) is 158 Å². The summed E-state index contributed by atoms with van der Waals surface area (Å²) in [6, 6.07) is 44.5. The van der Waals surface area contributed by atoms with E-state index in [0.717, 1.165) is 87.8 Å². The van der Waals surface area contributed by atoms with Gasteiger partial charge in [-0.2, -0.15) is 33.7 Å². The number of rotatable bonds is 0. The molecule has 12 nitrogen and oxygen atoms in total. The van der Waals surface area contributed by atoms with Gasteiger partial charge in [0.1, 0.15) is 6.79 Å². The molecule has 4 N–H and O–H groups in total. The van der Waals surface area contributed by atoms with E-state index in [1.165, 1.54) is 65.9 Å². The highest BCUT2D eigenvalue weighted by molar-refractivity contribution is 8.19. The van der Waals surface area contributed by atoms with Gasteiger partial charge in [-0.05, 0) is 29.3 Å². The number of hydroxylamine groups is 1. The summed E-state index contributed by atoms with van der Waals surface area (Å²) in [6.07, 6.45) is 15.6. The minimum absolute atomic E-state index is 0.500. The van der Waals surface area contributed by atoms with Gasteiger partial charge in [0.25, 0.3) is 0 Å². The van der Waals surface area contributed by atoms with Crippen molar-refractivity contribution < 1.29 is 19.0 Å². The van der Waals surface area contributed by atoms with Crippen LogP contribution < -0.4 is 21.4 Å². The Bertz CT molecular complexity index is 1630. The maximum absolute atomic E-state index is 4.83. The maximum Gasteiger partial charge on any atom is 0.146 e. The van der Waals surface area contributed by atoms with Gasteiger partial charge in [0.15, 0.2) is 0 Å². The molecule has 0 bridgehead atoms. The van der Waals surface area contributed by atoms with Gasteiger partial charge in [-0.15, -0.1) is 0 Å². The first kappa shape index (κ1) is 144. The van der Waals surface area contributed by atoms with E-state index in [4.69, 9.17) is 19.0 Å². The standard InChI is InChI=1S/C10H8.2C8H6N2.C6H6.C5H10.C3H8N2.2C3H7NO.C3H6O2.C3H6S2.20C2H6/c1-2-6-10-8-4-3-7-9(10)5-1;1-2-4-8-6-10-9-5-7(8)3-1;1-2-4-8-7(3-1)9-5-6-10-8;1-2-4-6-5-3-1;1-2-4-5-3-1;2*1-2-5-3-4-1;1-2-4-5-3-1;2*1-2-5-3-4-1;20*1-2/h1-8H;2*1-6H;1-6H;1-5H2;4-5H,1-3H2;2*4H,1-3H2;2*1-3H2;20*1-2H3. The Labute approximate surface area is 675 Å². The van der Waals surface area contributed by atoms with Crippen molar-refractivity contribution in [2.45, 2.75) is 315 Å². The Kier molecular flexibility index (Phi) is 249. The van der Waals surface area contributed by atoms with E-state index in [9.17, 15) is 0 Å². The largest absolute Gasteiger partial charge is 0.365 e. The highest BCUT2D eigenvalue weighted by Crippen LogP contribution is 2.20. The molecule has 634 valence electrons. The van der Waals surface area contributed by atoms with E-state index in [-0.39, 0.29) is 0 Å². The smallest absolute Gasteiger partial charge is 0.146 e. The van der Waals surface area contributed by atoms with Crippen LogP contribution in [0.25, 0.3) is 32.6 Å². The molecule has 0 spiro atoms. The van der Waals surface area contributed by atoms with E-state index in [0.29, 0.717) is 6.79 Å². The minimum Gasteiger partial charge on any atom is -0.365 e. The predicted molar refractivity (Wildman–Crippen MR) is 504 cm³/mol. The minimum atomic E-state index is 0.500. The van der Waals surface area contributed by atoms with Gasteiger partial charge in [-0.25, -0.2) is 5.48 Å². The highest BCUT2D eigenvalue weighted by atomic mass is 32.2. The number of hydrogen-bond acceptors (Lipinski definition) is 14. The molecule has 1 saturated carbocycles. The summed E-state index contributed by atoms with van der Waals surface area (Å²) >= 11 is 4.07. The van der Waals surface area contributed by atoms with Crippen molar-refractivity contribution in [3.05, 3.63) is 158 Å². The van der Waals surface area contributed by atoms with Crippen molar-refractivity contribution in [3.8, 4) is 0 Å². The number of thioether (sulfide) groups is 2. The van der Waals surface area contributed by atoms with Crippen LogP contribution in [0.5, 0.6) is 0 Å². The zero-order chi connectivity index (χ0) is 85.9. The van der Waals surface area contributed by atoms with Crippen molar-refractivity contribution in [2.24, 2.45) is 0 Å². The summed E-state index contributed by atoms with van der Waals surface area (Å²) in [4.78, 5) is 12.9. The van der Waals surface area contributed by atoms with Crippen molar-refractivity contribution in [1.29, 1.82) is 0 Å². The van der Waals surface area contributed by atoms with Crippen LogP contribution in [0.3, 0.4) is 0 Å². The summed E-state index contributed by atoms with van der Waals surface area (Å²) in [6.45, 7) is 89.9. The summed E-state index contributed by atoms with van der Waals surface area (Å²) in [5, 5.41) is 23.0. The van der Waals surface area contributed by atoms with Gasteiger partial charge < -0.3 is 29.7 Å². The highest BCUT2D eigenvalue weighted by Gasteiger charge is 1.97. The number of hydrogen-bond donors (Lipinski definition) is 4. The molecule has 5 aliphatic heterocycles. The third kappa shape index (κ3) is 132. The van der Waals surface area contributed by atoms with Crippen LogP contribution in [-0.2, 0) is 19.0 Å². The van der Waals surface area contributed by atoms with Crippen LogP contribution in [-0.4, -0.2) is 110 Å². The first-order valence-electron chi connectivity index (χ1n) is 43.0. The summed E-state index contributed by atoms with van der Waals surface area (Å²) < 4.78 is 14.3. The van der Waals surface area contributed by atoms with Crippen molar-refractivity contribution in [2.75, 3.05) is 89.4 Å². The van der Waals surface area contributed by atoms with Crippen LogP contribution in [0.2, 0.25) is 0 Å². The second-order valence-corrected chi connectivity index (χ2v) is 17.2. The van der Waals surface area contributed by atoms with E-state index >= 15 is 0 Å². The number of ether oxygens (including phenoxy) is 3. The molecule has 0 radical (unpaired) electrons. The number of aromatic nitrogens is 4. The maximum atomic E-state index is 4.83. The van der Waals surface area contributed by atoms with Gasteiger partial charge in [0, 0.05) is 72.6 Å². The van der Waals surface area contributed by atoms with Crippen LogP contribution in [0.1, 0.15) is 315 Å². The number of benzene rings is 5. The number of fused-ring (bicyclic) bond motifs is 3. The molecule has 13 rings (SSSR count). The van der Waals surface area contributed by atoms with E-state index in [1.807, 2.05) is 385 Å². The summed E-state index contributed by atoms with van der Waals surface area (Å²) in [5.74, 6) is 2.76. The second kappa shape index (κ2) is 184. The quantitative estimate of drug-likeness (QED) is 0.115. The fourth-order valence-corrected chi connectivity index (χ4v) is 8.36. The number of para-hydroxylation sites is 2. The monoisotopic (exact) mass is 1540 g/mol. The molecule has 5 saturated heterocycles. The van der Waals surface area contributed by atoms with Crippen LogP contribution >= 0.6 is 23.5 Å². The number of nitrogens with zero attached hydrogens (tertiary/aromatic N) is 4. The third-order valence-corrected chi connectivity index (χ3v) is 12.0. The van der Waals surface area contributed by atoms with Crippen LogP contribution in [0.4, 0.5) is 0 Å². The molecule has 5 aromatic carbocycles. The Balaban J connectivity index is -0.0000000530. The molecule has 6 aliphatic rings. The van der Waals surface area contributed by atoms with E-state index in [2.05, 4.69) is 90.1 Å². The lowest BCUT2D eigenvalue weighted by Gasteiger charge is -1.92. The van der Waals surface area contributed by atoms with Crippen molar-refractivity contribution in [3.63, 3.8) is 0 Å². The number of nitrogens with one attached hydrogen (secondary N) is 4. The Morgan fingerprint density at radius 3 is 0.755 bits per heavy atom. The van der Waals surface area contributed by atoms with Crippen molar-refractivity contribution >= 4 is 56.1 Å². The Hall–Kier alpha value is -4.58. The Morgan fingerprint density at radius 1 is 0.283 bits per heavy atom. The second-order valence-electron chi connectivity index (χ2n) is 14.6. The summed E-state index contributed by atoms with van der Waals surface area (Å²) in [7, 11) is 0. The fraction of sp³-hybridized carbons (Fsp3) is 0.652. The average Bonchev–Trinajstić information content (AvgIpc) is 1.74. The lowest BCUT2D eigenvalue weighted by molar-refractivity contribution is 0.0692. The Morgan fingerprint density at radius 2 is 0.575 bits per heavy atom. The molecule has 6 fully saturated rings. The average molecular weight is 1540 g/mol. The van der Waals surface area contributed by atoms with Gasteiger partial charge in [-0.1, -0.05) is 430 Å². The van der Waals surface area contributed by atoms with Gasteiger partial charge in [-0.3, -0.25) is 15.3 Å². The SMILES string of the molecule is C1CCCC1.C1CNCN1.C1CNOC1.C1COCN1.C1COCO1.C1CSCS1.CC.CC.CC.CC.CC.CC.CC.CC.CC.CC.CC.CC.CC.CC.CC.CC.CC.CC.CC.CC.c1ccc2ccccc2c1.c1ccc2cnncc2c1.c1ccc2nccnc2c1.c1ccccc1. The molecular formula is C92H190N8O4S2. The fourth-order valence-electron chi connectivity index (χ4n) is 6.00. The van der Waals surface area contributed by atoms with Crippen LogP contribution in [0, 0.1) is 0 Å². The molecule has 0 unspecified atom stereocenters. The summed E-state index contributed by atoms with van der Waals surface area (Å²) in [5.41, 5.74) is 4.62. The molecule has 2 aromatic heterocycles. The zero-order valence-corrected chi connectivity index (χ0v) is 80.0. The van der Waals surface area contributed by atoms with E-state index in [1.54, 1.807) is 24.8 Å². The van der Waals surface area contributed by atoms with Crippen molar-refractivity contribution in [1.82, 2.24) is 41.6 Å². The molecule has 14 heteroatoms. The first-order valence-corrected chi connectivity index (χ1v) is 45.3. The molecule has 0 amide bonds. The molecule has 7 heterocycles. The molecule has 106 heavy (non-hydrogen) atoms. The van der Waals surface area contributed by atoms with Gasteiger partial charge >= 0.3 is 0 Å². The topological polar surface area (TPSA) is 137 Å². The molecule has 1 aliphatic carbocycles. The molecular weight excluding hydrogens is 1350 g/mol. The predicted octanol–water partition coefficient (Wildman–Crippen LogP) is 30.3. The van der Waals surface area contributed by atoms with Gasteiger partial charge in [0.05, 0.1) is 56.6 Å². The molecule has 0 atom stereocenters. The third-order valence-electron chi connectivity index (χ3n) is 9.47. The lowest BCUT2D eigenvalue weighted by Crippen LogP contribution is -2.11. The first-order chi connectivity index (χ1) is 52.9. The molecule has 7 aromatic rings. The lowest BCUT2D eigenvalue weighted by atomic mass is 10.1. The van der Waals surface area contributed by atoms with Gasteiger partial charge in [0.2, 0.25) is 0 Å². The normalized spacial score (nSPS) is 11.2. The zero-order valence-electron chi connectivity index (χ0n) is 78.4.